The fraction of sp³-hybridized carbons (Fsp3) is 0.571. The zero-order valence-corrected chi connectivity index (χ0v) is 27.1. The van der Waals surface area contributed by atoms with Crippen molar-refractivity contribution in [1.82, 2.24) is 25.2 Å². The van der Waals surface area contributed by atoms with Crippen molar-refractivity contribution in [2.24, 2.45) is 0 Å². The molecule has 0 radical (unpaired) electrons. The number of hydrogen-bond donors (Lipinski definition) is 4. The van der Waals surface area contributed by atoms with Crippen molar-refractivity contribution in [2.45, 2.75) is 63.6 Å². The summed E-state index contributed by atoms with van der Waals surface area (Å²) in [6.07, 6.45) is 4.80. The smallest absolute Gasteiger partial charge is 0.287 e. The molecule has 1 aliphatic heterocycles. The molecule has 1 aliphatic rings. The maximum atomic E-state index is 13.2. The van der Waals surface area contributed by atoms with E-state index in [0.29, 0.717) is 36.5 Å². The second kappa shape index (κ2) is 15.8. The van der Waals surface area contributed by atoms with E-state index in [9.17, 15) is 27.6 Å². The molecule has 15 heteroatoms. The second-order valence-electron chi connectivity index (χ2n) is 10.7. The molecular formula is C28H40ClN5O7S2. The first-order valence-electron chi connectivity index (χ1n) is 14.2. The van der Waals surface area contributed by atoms with Crippen LogP contribution in [0, 0.1) is 0 Å². The number of likely N-dealkylation sites (tertiary alicyclic amines) is 1. The number of halogens is 1. The van der Waals surface area contributed by atoms with Crippen LogP contribution in [0.2, 0.25) is 5.02 Å². The fourth-order valence-electron chi connectivity index (χ4n) is 4.82. The molecule has 12 nitrogen and oxygen atoms in total. The van der Waals surface area contributed by atoms with Crippen molar-refractivity contribution in [1.29, 1.82) is 0 Å². The predicted molar refractivity (Wildman–Crippen MR) is 168 cm³/mol. The van der Waals surface area contributed by atoms with Crippen molar-refractivity contribution in [3.63, 3.8) is 0 Å². The van der Waals surface area contributed by atoms with Gasteiger partial charge < -0.3 is 24.9 Å². The summed E-state index contributed by atoms with van der Waals surface area (Å²) < 4.78 is 31.8. The lowest BCUT2D eigenvalue weighted by molar-refractivity contribution is -0.145. The van der Waals surface area contributed by atoms with Crippen LogP contribution in [0.25, 0.3) is 11.0 Å². The van der Waals surface area contributed by atoms with E-state index in [0.717, 1.165) is 30.9 Å². The number of fused-ring (bicyclic) bond motifs is 1. The third-order valence-corrected chi connectivity index (χ3v) is 8.65. The van der Waals surface area contributed by atoms with E-state index < -0.39 is 45.9 Å². The van der Waals surface area contributed by atoms with Crippen LogP contribution in [0.3, 0.4) is 0 Å². The van der Waals surface area contributed by atoms with Gasteiger partial charge in [0.25, 0.3) is 5.91 Å². The zero-order chi connectivity index (χ0) is 31.7. The molecule has 0 saturated carbocycles. The lowest BCUT2D eigenvalue weighted by Gasteiger charge is -2.34. The Labute approximate surface area is 262 Å². The van der Waals surface area contributed by atoms with E-state index in [1.54, 1.807) is 36.1 Å². The van der Waals surface area contributed by atoms with Crippen LogP contribution in [0.5, 0.6) is 0 Å². The van der Waals surface area contributed by atoms with E-state index >= 15 is 0 Å². The third kappa shape index (κ3) is 10.1. The number of amides is 4. The maximum absolute atomic E-state index is 13.2. The summed E-state index contributed by atoms with van der Waals surface area (Å²) in [7, 11) is -2.26. The molecule has 3 atom stereocenters. The summed E-state index contributed by atoms with van der Waals surface area (Å²) in [5.74, 6) is -1.68. The number of unbranched alkanes of at least 4 members (excludes halogenated alkanes) is 1. The molecular weight excluding hydrogens is 618 g/mol. The van der Waals surface area contributed by atoms with Gasteiger partial charge in [-0.05, 0) is 63.6 Å². The van der Waals surface area contributed by atoms with E-state index in [-0.39, 0.29) is 30.4 Å². The van der Waals surface area contributed by atoms with Crippen LogP contribution in [0.4, 0.5) is 0 Å². The van der Waals surface area contributed by atoms with Gasteiger partial charge in [-0.3, -0.25) is 19.2 Å². The molecule has 1 fully saturated rings. The minimum absolute atomic E-state index is 0.0504. The highest BCUT2D eigenvalue weighted by atomic mass is 35.5. The molecule has 2 aromatic rings. The standard InChI is InChI=1S/C28H40ClN5O7S2/c1-18(27(37)34-13-7-4-8-14-34)33(2)28(38)22(17-42)31-25(35)21(32-43(3,39)40)9-5-6-12-30-26(36)24-15-19-10-11-20(29)16-23(19)41-24/h10-11,15-16,18,21-22,32,42H,4-9,12-14,17H2,1-3H3,(H,30,36)(H,31,35)/t18-,21-,22-/m0/s1. The quantitative estimate of drug-likeness (QED) is 0.179. The molecule has 3 N–H and O–H groups in total. The van der Waals surface area contributed by atoms with Crippen LogP contribution in [-0.2, 0) is 24.4 Å². The summed E-state index contributed by atoms with van der Waals surface area (Å²) in [4.78, 5) is 54.7. The van der Waals surface area contributed by atoms with Crippen molar-refractivity contribution >= 4 is 68.9 Å². The summed E-state index contributed by atoms with van der Waals surface area (Å²) in [6.45, 7) is 3.20. The number of benzene rings is 1. The van der Waals surface area contributed by atoms with Gasteiger partial charge in [0, 0.05) is 48.9 Å². The number of hydrogen-bond acceptors (Lipinski definition) is 8. The number of nitrogens with one attached hydrogen (secondary N) is 3. The van der Waals surface area contributed by atoms with Gasteiger partial charge in [0.05, 0.1) is 6.26 Å². The van der Waals surface area contributed by atoms with Crippen molar-refractivity contribution in [3.05, 3.63) is 35.0 Å². The van der Waals surface area contributed by atoms with Gasteiger partial charge in [-0.1, -0.05) is 11.6 Å². The Balaban J connectivity index is 1.53. The molecule has 1 saturated heterocycles. The number of carbonyl (C=O) groups is 4. The number of carbonyl (C=O) groups excluding carboxylic acids is 4. The van der Waals surface area contributed by atoms with Crippen LogP contribution < -0.4 is 15.4 Å². The van der Waals surface area contributed by atoms with Crippen LogP contribution >= 0.6 is 24.2 Å². The molecule has 0 spiro atoms. The third-order valence-electron chi connectivity index (χ3n) is 7.33. The Bertz CT molecular complexity index is 1410. The lowest BCUT2D eigenvalue weighted by Crippen LogP contribution is -2.57. The Morgan fingerprint density at radius 3 is 2.44 bits per heavy atom. The Morgan fingerprint density at radius 2 is 1.79 bits per heavy atom. The van der Waals surface area contributed by atoms with Crippen LogP contribution in [0.1, 0.15) is 56.0 Å². The van der Waals surface area contributed by atoms with E-state index in [1.807, 2.05) is 0 Å². The molecule has 3 rings (SSSR count). The normalized spacial score (nSPS) is 15.9. The summed E-state index contributed by atoms with van der Waals surface area (Å²) in [5, 5.41) is 6.56. The highest BCUT2D eigenvalue weighted by molar-refractivity contribution is 7.88. The van der Waals surface area contributed by atoms with E-state index in [2.05, 4.69) is 28.0 Å². The molecule has 43 heavy (non-hydrogen) atoms. The first kappa shape index (κ1) is 34.7. The van der Waals surface area contributed by atoms with Crippen LogP contribution in [-0.4, -0.2) is 98.7 Å². The fourth-order valence-corrected chi connectivity index (χ4v) is 5.97. The lowest BCUT2D eigenvalue weighted by atomic mass is 10.1. The highest BCUT2D eigenvalue weighted by Crippen LogP contribution is 2.23. The van der Waals surface area contributed by atoms with Gasteiger partial charge >= 0.3 is 0 Å². The number of sulfonamides is 1. The van der Waals surface area contributed by atoms with Crippen LogP contribution in [0.15, 0.2) is 28.7 Å². The largest absolute Gasteiger partial charge is 0.451 e. The Hall–Kier alpha value is -2.81. The van der Waals surface area contributed by atoms with E-state index in [4.69, 9.17) is 16.0 Å². The van der Waals surface area contributed by atoms with Gasteiger partial charge in [0.1, 0.15) is 23.7 Å². The zero-order valence-electron chi connectivity index (χ0n) is 24.6. The van der Waals surface area contributed by atoms with Gasteiger partial charge in [-0.15, -0.1) is 0 Å². The molecule has 0 aliphatic carbocycles. The second-order valence-corrected chi connectivity index (χ2v) is 13.3. The minimum atomic E-state index is -3.76. The summed E-state index contributed by atoms with van der Waals surface area (Å²) in [6, 6.07) is 3.71. The number of furan rings is 1. The average molecular weight is 658 g/mol. The SMILES string of the molecule is C[C@@H](C(=O)N1CCCCC1)N(C)C(=O)[C@H](CS)NC(=O)[C@H](CCCCNC(=O)c1cc2ccc(Cl)cc2o1)NS(C)(=O)=O. The molecule has 2 heterocycles. The number of rotatable bonds is 14. The molecule has 1 aromatic heterocycles. The van der Waals surface area contributed by atoms with Gasteiger partial charge in [-0.2, -0.15) is 12.6 Å². The Morgan fingerprint density at radius 1 is 1.09 bits per heavy atom. The molecule has 4 amide bonds. The van der Waals surface area contributed by atoms with Gasteiger partial charge in [0.15, 0.2) is 5.76 Å². The summed E-state index contributed by atoms with van der Waals surface area (Å²) >= 11 is 10.2. The first-order valence-corrected chi connectivity index (χ1v) is 17.1. The number of piperidine rings is 1. The Kier molecular flexibility index (Phi) is 12.7. The maximum Gasteiger partial charge on any atom is 0.287 e. The highest BCUT2D eigenvalue weighted by Gasteiger charge is 2.33. The number of nitrogens with zero attached hydrogens (tertiary/aromatic N) is 2. The number of thiol groups is 1. The first-order chi connectivity index (χ1) is 20.3. The van der Waals surface area contributed by atoms with Gasteiger partial charge in [-0.25, -0.2) is 13.1 Å². The molecule has 0 bridgehead atoms. The van der Waals surface area contributed by atoms with Crippen molar-refractivity contribution in [3.8, 4) is 0 Å². The predicted octanol–water partition coefficient (Wildman–Crippen LogP) is 2.18. The number of likely N-dealkylation sites (N-methyl/N-ethyl adjacent to an activating group) is 1. The van der Waals surface area contributed by atoms with Crippen molar-refractivity contribution in [2.75, 3.05) is 38.7 Å². The topological polar surface area (TPSA) is 158 Å². The minimum Gasteiger partial charge on any atom is -0.451 e. The molecule has 1 aromatic carbocycles. The summed E-state index contributed by atoms with van der Waals surface area (Å²) in [5.41, 5.74) is 0.491. The van der Waals surface area contributed by atoms with Crippen molar-refractivity contribution < 1.29 is 32.0 Å². The van der Waals surface area contributed by atoms with Gasteiger partial charge in [0.2, 0.25) is 27.7 Å². The monoisotopic (exact) mass is 657 g/mol. The average Bonchev–Trinajstić information content (AvgIpc) is 3.40. The molecule has 0 unspecified atom stereocenters. The van der Waals surface area contributed by atoms with E-state index in [1.165, 1.54) is 11.9 Å². The molecule has 238 valence electrons.